The van der Waals surface area contributed by atoms with Crippen molar-refractivity contribution >= 4 is 27.3 Å². The van der Waals surface area contributed by atoms with Crippen LogP contribution < -0.4 is 9.46 Å². The van der Waals surface area contributed by atoms with Gasteiger partial charge in [0.15, 0.2) is 0 Å². The molecule has 0 aliphatic carbocycles. The molecule has 1 heterocycles. The van der Waals surface area contributed by atoms with E-state index in [0.717, 1.165) is 12.4 Å². The summed E-state index contributed by atoms with van der Waals surface area (Å²) in [6.07, 6.45) is 2.28. The lowest BCUT2D eigenvalue weighted by Crippen LogP contribution is -2.13. The first kappa shape index (κ1) is 13.6. The molecule has 0 amide bonds. The normalized spacial score (nSPS) is 11.1. The predicted octanol–water partition coefficient (Wildman–Crippen LogP) is 1.94. The Labute approximate surface area is 115 Å². The van der Waals surface area contributed by atoms with E-state index >= 15 is 0 Å². The summed E-state index contributed by atoms with van der Waals surface area (Å²) < 4.78 is 31.4. The van der Waals surface area contributed by atoms with Gasteiger partial charge in [0.2, 0.25) is 5.28 Å². The molecular formula is C11H10ClN3O3S. The summed E-state index contributed by atoms with van der Waals surface area (Å²) in [5, 5.41) is -0.0107. The third-order valence-electron chi connectivity index (χ3n) is 2.25. The number of benzene rings is 1. The van der Waals surface area contributed by atoms with Crippen molar-refractivity contribution in [3.63, 3.8) is 0 Å². The minimum absolute atomic E-state index is 0.0107. The predicted molar refractivity (Wildman–Crippen MR) is 70.8 cm³/mol. The fourth-order valence-corrected chi connectivity index (χ4v) is 2.36. The van der Waals surface area contributed by atoms with Gasteiger partial charge >= 0.3 is 0 Å². The fraction of sp³-hybridized carbons (Fsp3) is 0.0909. The molecule has 0 aliphatic heterocycles. The third-order valence-corrected chi connectivity index (χ3v) is 3.78. The second kappa shape index (κ2) is 5.41. The molecule has 0 spiro atoms. The number of nitrogens with zero attached hydrogens (tertiary/aromatic N) is 2. The molecule has 0 saturated heterocycles. The van der Waals surface area contributed by atoms with Gasteiger partial charge in [0, 0.05) is 5.69 Å². The number of halogens is 1. The molecule has 1 aromatic heterocycles. The van der Waals surface area contributed by atoms with Crippen LogP contribution in [0.4, 0.5) is 5.69 Å². The largest absolute Gasteiger partial charge is 0.497 e. The first-order chi connectivity index (χ1) is 9.01. The van der Waals surface area contributed by atoms with Crippen molar-refractivity contribution in [2.75, 3.05) is 11.8 Å². The molecule has 2 aromatic rings. The van der Waals surface area contributed by atoms with Gasteiger partial charge in [-0.3, -0.25) is 4.72 Å². The molecule has 0 aliphatic rings. The van der Waals surface area contributed by atoms with Gasteiger partial charge in [0.25, 0.3) is 10.0 Å². The summed E-state index contributed by atoms with van der Waals surface area (Å²) >= 11 is 5.50. The zero-order valence-electron chi connectivity index (χ0n) is 9.87. The number of hydrogen-bond donors (Lipinski definition) is 1. The summed E-state index contributed by atoms with van der Waals surface area (Å²) in [6.45, 7) is 0. The van der Waals surface area contributed by atoms with E-state index in [1.54, 1.807) is 24.3 Å². The van der Waals surface area contributed by atoms with Gasteiger partial charge in [-0.25, -0.2) is 18.4 Å². The van der Waals surface area contributed by atoms with Gasteiger partial charge in [-0.1, -0.05) is 0 Å². The highest BCUT2D eigenvalue weighted by atomic mass is 35.5. The molecule has 100 valence electrons. The summed E-state index contributed by atoms with van der Waals surface area (Å²) in [5.41, 5.74) is 0.413. The minimum Gasteiger partial charge on any atom is -0.497 e. The number of nitrogens with one attached hydrogen (secondary N) is 1. The maximum atomic E-state index is 12.0. The van der Waals surface area contributed by atoms with Crippen LogP contribution >= 0.6 is 11.6 Å². The number of methoxy groups -OCH3 is 1. The number of aromatic nitrogens is 2. The lowest BCUT2D eigenvalue weighted by molar-refractivity contribution is 0.415. The fourth-order valence-electron chi connectivity index (χ4n) is 1.31. The van der Waals surface area contributed by atoms with Gasteiger partial charge in [0.05, 0.1) is 19.5 Å². The van der Waals surface area contributed by atoms with Crippen LogP contribution in [0.2, 0.25) is 5.28 Å². The highest BCUT2D eigenvalue weighted by Gasteiger charge is 2.15. The standard InChI is InChI=1S/C11H10ClN3O3S/c1-18-9-4-2-8(3-5-9)15-19(16,17)10-6-13-11(12)14-7-10/h2-7,15H,1H3. The van der Waals surface area contributed by atoms with E-state index in [1.165, 1.54) is 7.11 Å². The number of hydrogen-bond acceptors (Lipinski definition) is 5. The van der Waals surface area contributed by atoms with Crippen molar-refractivity contribution in [1.29, 1.82) is 0 Å². The van der Waals surface area contributed by atoms with E-state index in [2.05, 4.69) is 14.7 Å². The Morgan fingerprint density at radius 1 is 1.16 bits per heavy atom. The Morgan fingerprint density at radius 3 is 2.26 bits per heavy atom. The van der Waals surface area contributed by atoms with Gasteiger partial charge in [-0.15, -0.1) is 0 Å². The van der Waals surface area contributed by atoms with Crippen LogP contribution in [-0.2, 0) is 10.0 Å². The molecular weight excluding hydrogens is 290 g/mol. The zero-order chi connectivity index (χ0) is 13.9. The van der Waals surface area contributed by atoms with Crippen LogP contribution in [0.25, 0.3) is 0 Å². The summed E-state index contributed by atoms with van der Waals surface area (Å²) in [7, 11) is -2.19. The molecule has 6 nitrogen and oxygen atoms in total. The molecule has 19 heavy (non-hydrogen) atoms. The Bertz CT molecular complexity index is 657. The number of sulfonamides is 1. The monoisotopic (exact) mass is 299 g/mol. The Balaban J connectivity index is 2.23. The van der Waals surface area contributed by atoms with Crippen molar-refractivity contribution in [2.24, 2.45) is 0 Å². The molecule has 0 saturated carbocycles. The lowest BCUT2D eigenvalue weighted by atomic mass is 10.3. The van der Waals surface area contributed by atoms with Crippen molar-refractivity contribution < 1.29 is 13.2 Å². The maximum absolute atomic E-state index is 12.0. The molecule has 0 fully saturated rings. The number of anilines is 1. The van der Waals surface area contributed by atoms with E-state index in [1.807, 2.05) is 0 Å². The second-order valence-electron chi connectivity index (χ2n) is 3.52. The topological polar surface area (TPSA) is 81.2 Å². The van der Waals surface area contributed by atoms with Gasteiger partial charge < -0.3 is 4.74 Å². The summed E-state index contributed by atoms with van der Waals surface area (Å²) in [4.78, 5) is 7.20. The van der Waals surface area contributed by atoms with Crippen LogP contribution in [-0.4, -0.2) is 25.5 Å². The summed E-state index contributed by atoms with van der Waals surface area (Å²) in [6, 6.07) is 6.48. The number of rotatable bonds is 4. The van der Waals surface area contributed by atoms with Crippen molar-refractivity contribution in [2.45, 2.75) is 4.90 Å². The molecule has 0 unspecified atom stereocenters. The van der Waals surface area contributed by atoms with Gasteiger partial charge in [0.1, 0.15) is 10.6 Å². The third kappa shape index (κ3) is 3.33. The zero-order valence-corrected chi connectivity index (χ0v) is 11.4. The molecule has 0 bridgehead atoms. The van der Waals surface area contributed by atoms with E-state index < -0.39 is 10.0 Å². The van der Waals surface area contributed by atoms with Crippen LogP contribution in [0.5, 0.6) is 5.75 Å². The molecule has 2 rings (SSSR count). The average Bonchev–Trinajstić information content (AvgIpc) is 2.40. The van der Waals surface area contributed by atoms with Gasteiger partial charge in [-0.05, 0) is 35.9 Å². The average molecular weight is 300 g/mol. The Morgan fingerprint density at radius 2 is 1.74 bits per heavy atom. The van der Waals surface area contributed by atoms with Crippen LogP contribution in [0.1, 0.15) is 0 Å². The van der Waals surface area contributed by atoms with Crippen LogP contribution in [0, 0.1) is 0 Å². The molecule has 8 heteroatoms. The molecule has 1 aromatic carbocycles. The molecule has 0 radical (unpaired) electrons. The minimum atomic E-state index is -3.72. The summed E-state index contributed by atoms with van der Waals surface area (Å²) in [5.74, 6) is 0.637. The molecule has 1 N–H and O–H groups in total. The first-order valence-electron chi connectivity index (χ1n) is 5.16. The smallest absolute Gasteiger partial charge is 0.264 e. The second-order valence-corrected chi connectivity index (χ2v) is 5.54. The first-order valence-corrected chi connectivity index (χ1v) is 7.02. The quantitative estimate of drug-likeness (QED) is 0.873. The van der Waals surface area contributed by atoms with Crippen LogP contribution in [0.15, 0.2) is 41.6 Å². The van der Waals surface area contributed by atoms with Crippen LogP contribution in [0.3, 0.4) is 0 Å². The van der Waals surface area contributed by atoms with Crippen molar-refractivity contribution in [3.05, 3.63) is 41.9 Å². The maximum Gasteiger partial charge on any atom is 0.264 e. The lowest BCUT2D eigenvalue weighted by Gasteiger charge is -2.08. The van der Waals surface area contributed by atoms with E-state index in [-0.39, 0.29) is 10.2 Å². The van der Waals surface area contributed by atoms with E-state index in [0.29, 0.717) is 11.4 Å². The Kier molecular flexibility index (Phi) is 3.87. The van der Waals surface area contributed by atoms with Crippen molar-refractivity contribution in [3.8, 4) is 5.75 Å². The Hall–Kier alpha value is -1.86. The highest BCUT2D eigenvalue weighted by molar-refractivity contribution is 7.92. The van der Waals surface area contributed by atoms with E-state index in [4.69, 9.17) is 16.3 Å². The van der Waals surface area contributed by atoms with E-state index in [9.17, 15) is 8.42 Å². The number of ether oxygens (including phenoxy) is 1. The molecule has 0 atom stereocenters. The van der Waals surface area contributed by atoms with Crippen molar-refractivity contribution in [1.82, 2.24) is 9.97 Å². The highest BCUT2D eigenvalue weighted by Crippen LogP contribution is 2.18. The van der Waals surface area contributed by atoms with Gasteiger partial charge in [-0.2, -0.15) is 0 Å². The SMILES string of the molecule is COc1ccc(NS(=O)(=O)c2cnc(Cl)nc2)cc1.